The van der Waals surface area contributed by atoms with Crippen molar-refractivity contribution in [3.8, 4) is 5.69 Å². The van der Waals surface area contributed by atoms with E-state index in [2.05, 4.69) is 9.88 Å². The van der Waals surface area contributed by atoms with Crippen LogP contribution in [0.4, 0.5) is 10.5 Å². The van der Waals surface area contributed by atoms with Crippen molar-refractivity contribution >= 4 is 52.2 Å². The molecule has 6 nitrogen and oxygen atoms in total. The normalized spacial score (nSPS) is 14.9. The number of benzene rings is 2. The van der Waals surface area contributed by atoms with Gasteiger partial charge in [0.15, 0.2) is 0 Å². The summed E-state index contributed by atoms with van der Waals surface area (Å²) in [5, 5.41) is 2.99. The summed E-state index contributed by atoms with van der Waals surface area (Å²) in [6, 6.07) is 15.1. The summed E-state index contributed by atoms with van der Waals surface area (Å²) in [5.41, 5.74) is 6.36. The van der Waals surface area contributed by atoms with Crippen LogP contribution in [0.2, 0.25) is 5.02 Å². The number of imide groups is 1. The molecular weight excluding hydrogens is 470 g/mol. The molecule has 2 aromatic carbocycles. The fraction of sp³-hybridized carbons (Fsp3) is 0.192. The van der Waals surface area contributed by atoms with Gasteiger partial charge in [-0.2, -0.15) is 0 Å². The van der Waals surface area contributed by atoms with Crippen LogP contribution in [0.3, 0.4) is 0 Å². The first-order chi connectivity index (χ1) is 16.2. The number of halogens is 1. The van der Waals surface area contributed by atoms with E-state index in [1.165, 1.54) is 0 Å². The van der Waals surface area contributed by atoms with Gasteiger partial charge in [0.25, 0.3) is 11.1 Å². The molecule has 34 heavy (non-hydrogen) atoms. The van der Waals surface area contributed by atoms with Crippen molar-refractivity contribution in [2.24, 2.45) is 0 Å². The van der Waals surface area contributed by atoms with Crippen molar-refractivity contribution in [1.29, 1.82) is 0 Å². The molecule has 174 valence electrons. The molecule has 3 amide bonds. The van der Waals surface area contributed by atoms with E-state index in [0.29, 0.717) is 15.6 Å². The van der Waals surface area contributed by atoms with E-state index < -0.39 is 17.1 Å². The summed E-state index contributed by atoms with van der Waals surface area (Å²) in [5.74, 6) is -0.888. The minimum absolute atomic E-state index is 0.292. The van der Waals surface area contributed by atoms with Crippen molar-refractivity contribution < 1.29 is 14.4 Å². The maximum atomic E-state index is 13.0. The molecule has 0 aliphatic carbocycles. The van der Waals surface area contributed by atoms with Gasteiger partial charge in [-0.1, -0.05) is 23.7 Å². The Morgan fingerprint density at radius 3 is 2.47 bits per heavy atom. The number of carbonyl (C=O) groups is 3. The van der Waals surface area contributed by atoms with E-state index in [1.54, 1.807) is 12.1 Å². The molecule has 0 bridgehead atoms. The second-order valence-corrected chi connectivity index (χ2v) is 9.63. The average molecular weight is 494 g/mol. The zero-order chi connectivity index (χ0) is 24.6. The molecule has 0 unspecified atom stereocenters. The summed E-state index contributed by atoms with van der Waals surface area (Å²) in [6.07, 6.45) is 1.71. The summed E-state index contributed by atoms with van der Waals surface area (Å²) in [6.45, 7) is 7.46. The molecule has 4 rings (SSSR count). The van der Waals surface area contributed by atoms with Crippen LogP contribution in [0.15, 0.2) is 53.4 Å². The van der Waals surface area contributed by atoms with Gasteiger partial charge in [0, 0.05) is 27.8 Å². The van der Waals surface area contributed by atoms with Gasteiger partial charge in [-0.3, -0.25) is 19.3 Å². The third-order valence-corrected chi connectivity index (χ3v) is 7.06. The molecule has 1 fully saturated rings. The molecule has 2 heterocycles. The van der Waals surface area contributed by atoms with Crippen molar-refractivity contribution in [3.05, 3.63) is 86.5 Å². The number of anilines is 1. The summed E-state index contributed by atoms with van der Waals surface area (Å²) >= 11 is 6.86. The lowest BCUT2D eigenvalue weighted by atomic mass is 10.1. The Bertz CT molecular complexity index is 1340. The molecular formula is C26H24ClN3O3S. The number of carbonyl (C=O) groups excluding carboxylic acids is 3. The maximum absolute atomic E-state index is 13.0. The van der Waals surface area contributed by atoms with Crippen LogP contribution in [0.25, 0.3) is 11.8 Å². The highest BCUT2D eigenvalue weighted by Crippen LogP contribution is 2.34. The lowest BCUT2D eigenvalue weighted by Gasteiger charge is -2.14. The minimum Gasteiger partial charge on any atom is -0.324 e. The molecule has 0 spiro atoms. The molecule has 0 radical (unpaired) electrons. The van der Waals surface area contributed by atoms with E-state index in [1.807, 2.05) is 70.2 Å². The monoisotopic (exact) mass is 493 g/mol. The van der Waals surface area contributed by atoms with Crippen LogP contribution in [0.1, 0.15) is 28.1 Å². The Labute approximate surface area is 207 Å². The molecule has 1 N–H and O–H groups in total. The van der Waals surface area contributed by atoms with Crippen molar-refractivity contribution in [2.45, 2.75) is 27.7 Å². The van der Waals surface area contributed by atoms with Crippen molar-refractivity contribution in [2.75, 3.05) is 11.9 Å². The third kappa shape index (κ3) is 4.67. The first-order valence-electron chi connectivity index (χ1n) is 10.7. The minimum atomic E-state index is -0.470. The number of nitrogens with zero attached hydrogens (tertiary/aromatic N) is 2. The fourth-order valence-electron chi connectivity index (χ4n) is 3.92. The van der Waals surface area contributed by atoms with E-state index >= 15 is 0 Å². The zero-order valence-electron chi connectivity index (χ0n) is 19.3. The number of aromatic nitrogens is 1. The lowest BCUT2D eigenvalue weighted by Crippen LogP contribution is -2.36. The van der Waals surface area contributed by atoms with Gasteiger partial charge in [-0.25, -0.2) is 0 Å². The maximum Gasteiger partial charge on any atom is 0.294 e. The van der Waals surface area contributed by atoms with Crippen LogP contribution < -0.4 is 5.32 Å². The average Bonchev–Trinajstić information content (AvgIpc) is 3.21. The highest BCUT2D eigenvalue weighted by molar-refractivity contribution is 8.18. The highest BCUT2D eigenvalue weighted by Gasteiger charge is 2.36. The van der Waals surface area contributed by atoms with Gasteiger partial charge >= 0.3 is 0 Å². The molecule has 0 atom stereocenters. The first kappa shape index (κ1) is 23.9. The topological polar surface area (TPSA) is 71.4 Å². The lowest BCUT2D eigenvalue weighted by molar-refractivity contribution is -0.127. The van der Waals surface area contributed by atoms with Crippen molar-refractivity contribution in [1.82, 2.24) is 9.47 Å². The van der Waals surface area contributed by atoms with Crippen LogP contribution in [-0.4, -0.2) is 33.1 Å². The Hall–Kier alpha value is -3.29. The smallest absolute Gasteiger partial charge is 0.294 e. The quantitative estimate of drug-likeness (QED) is 0.440. The zero-order valence-corrected chi connectivity index (χ0v) is 20.9. The van der Waals surface area contributed by atoms with E-state index in [9.17, 15) is 14.4 Å². The third-order valence-electron chi connectivity index (χ3n) is 5.90. The molecule has 3 aromatic rings. The molecule has 1 aliphatic rings. The standard InChI is InChI=1S/C26H24ClN3O3S/c1-15-6-5-7-22(17(15)3)28-24(31)14-29-25(32)23(34-26(29)33)13-19-12-16(2)30(18(19)4)21-10-8-20(27)9-11-21/h5-13H,14H2,1-4H3,(H,28,31)/b23-13+. The molecule has 0 saturated carbocycles. The number of amides is 3. The Balaban J connectivity index is 1.53. The van der Waals surface area contributed by atoms with Crippen LogP contribution in [0, 0.1) is 27.7 Å². The molecule has 1 aromatic heterocycles. The predicted octanol–water partition coefficient (Wildman–Crippen LogP) is 6.04. The number of thioether (sulfide) groups is 1. The molecule has 1 saturated heterocycles. The molecule has 8 heteroatoms. The summed E-state index contributed by atoms with van der Waals surface area (Å²) in [7, 11) is 0. The van der Waals surface area contributed by atoms with Gasteiger partial charge in [-0.15, -0.1) is 0 Å². The SMILES string of the molecule is Cc1cccc(NC(=O)CN2C(=O)S/C(=C/c3cc(C)n(-c4ccc(Cl)cc4)c3C)C2=O)c1C. The fourth-order valence-corrected chi connectivity index (χ4v) is 4.87. The van der Waals surface area contributed by atoms with Crippen LogP contribution >= 0.6 is 23.4 Å². The van der Waals surface area contributed by atoms with Gasteiger partial charge in [0.05, 0.1) is 4.91 Å². The second-order valence-electron chi connectivity index (χ2n) is 8.20. The molecule has 1 aliphatic heterocycles. The number of aryl methyl sites for hydroxylation is 2. The van der Waals surface area contributed by atoms with E-state index in [-0.39, 0.29) is 6.54 Å². The number of hydrogen-bond donors (Lipinski definition) is 1. The van der Waals surface area contributed by atoms with E-state index in [4.69, 9.17) is 11.6 Å². The van der Waals surface area contributed by atoms with Crippen LogP contribution in [0.5, 0.6) is 0 Å². The van der Waals surface area contributed by atoms with Crippen LogP contribution in [-0.2, 0) is 9.59 Å². The van der Waals surface area contributed by atoms with Gasteiger partial charge in [0.2, 0.25) is 5.91 Å². The van der Waals surface area contributed by atoms with Crippen molar-refractivity contribution in [3.63, 3.8) is 0 Å². The first-order valence-corrected chi connectivity index (χ1v) is 11.9. The largest absolute Gasteiger partial charge is 0.324 e. The second kappa shape index (κ2) is 9.52. The number of hydrogen-bond acceptors (Lipinski definition) is 4. The number of nitrogens with one attached hydrogen (secondary N) is 1. The summed E-state index contributed by atoms with van der Waals surface area (Å²) < 4.78 is 2.06. The Morgan fingerprint density at radius 1 is 1.06 bits per heavy atom. The van der Waals surface area contributed by atoms with Gasteiger partial charge in [0.1, 0.15) is 6.54 Å². The van der Waals surface area contributed by atoms with E-state index in [0.717, 1.165) is 50.4 Å². The predicted molar refractivity (Wildman–Crippen MR) is 137 cm³/mol. The number of rotatable bonds is 5. The highest BCUT2D eigenvalue weighted by atomic mass is 35.5. The van der Waals surface area contributed by atoms with Gasteiger partial charge in [-0.05, 0) is 98.6 Å². The Morgan fingerprint density at radius 2 is 1.76 bits per heavy atom. The summed E-state index contributed by atoms with van der Waals surface area (Å²) in [4.78, 5) is 39.3. The van der Waals surface area contributed by atoms with Gasteiger partial charge < -0.3 is 9.88 Å². The Kier molecular flexibility index (Phi) is 6.68.